The minimum Gasteiger partial charge on any atom is -0.308 e. The molecule has 108 valence electrons. The van der Waals surface area contributed by atoms with Gasteiger partial charge in [0, 0.05) is 30.7 Å². The Morgan fingerprint density at radius 2 is 1.79 bits per heavy atom. The van der Waals surface area contributed by atoms with Crippen molar-refractivity contribution in [1.82, 2.24) is 10.2 Å². The first-order chi connectivity index (χ1) is 9.20. The molecule has 1 unspecified atom stereocenters. The van der Waals surface area contributed by atoms with Crippen LogP contribution in [0, 0.1) is 11.8 Å². The van der Waals surface area contributed by atoms with Gasteiger partial charge in [-0.05, 0) is 57.3 Å². The predicted molar refractivity (Wildman–Crippen MR) is 79.2 cm³/mol. The fourth-order valence-electron chi connectivity index (χ4n) is 4.67. The second-order valence-electron chi connectivity index (χ2n) is 8.15. The van der Waals surface area contributed by atoms with Gasteiger partial charge in [-0.2, -0.15) is 0 Å². The van der Waals surface area contributed by atoms with Crippen molar-refractivity contribution in [3.8, 4) is 0 Å². The Morgan fingerprint density at radius 3 is 2.42 bits per heavy atom. The standard InChI is InChI=1S/C17H30N2/c1-16(15-7-8-15)13-19(11-14-5-6-14)17(12-18-16)9-3-2-4-10-17/h14-15,18H,2-13H2,1H3. The highest BCUT2D eigenvalue weighted by Gasteiger charge is 2.51. The Hall–Kier alpha value is -0.0800. The van der Waals surface area contributed by atoms with Crippen LogP contribution in [0.25, 0.3) is 0 Å². The molecule has 1 saturated heterocycles. The number of nitrogens with one attached hydrogen (secondary N) is 1. The van der Waals surface area contributed by atoms with Crippen molar-refractivity contribution in [2.75, 3.05) is 19.6 Å². The summed E-state index contributed by atoms with van der Waals surface area (Å²) in [6, 6.07) is 0. The molecule has 3 aliphatic carbocycles. The molecule has 0 radical (unpaired) electrons. The number of piperazine rings is 1. The summed E-state index contributed by atoms with van der Waals surface area (Å²) in [4.78, 5) is 2.96. The van der Waals surface area contributed by atoms with Crippen LogP contribution < -0.4 is 5.32 Å². The molecule has 0 aromatic rings. The quantitative estimate of drug-likeness (QED) is 0.840. The van der Waals surface area contributed by atoms with E-state index in [1.54, 1.807) is 0 Å². The maximum atomic E-state index is 4.00. The first-order valence-electron chi connectivity index (χ1n) is 8.70. The van der Waals surface area contributed by atoms with Gasteiger partial charge in [-0.3, -0.25) is 4.90 Å². The van der Waals surface area contributed by atoms with Gasteiger partial charge in [0.15, 0.2) is 0 Å². The zero-order chi connectivity index (χ0) is 12.9. The highest BCUT2D eigenvalue weighted by Crippen LogP contribution is 2.46. The number of nitrogens with zero attached hydrogens (tertiary/aromatic N) is 1. The van der Waals surface area contributed by atoms with E-state index < -0.39 is 0 Å². The largest absolute Gasteiger partial charge is 0.308 e. The topological polar surface area (TPSA) is 15.3 Å². The summed E-state index contributed by atoms with van der Waals surface area (Å²) in [7, 11) is 0. The second kappa shape index (κ2) is 4.46. The van der Waals surface area contributed by atoms with E-state index in [1.807, 2.05) is 0 Å². The van der Waals surface area contributed by atoms with Crippen LogP contribution in [0.15, 0.2) is 0 Å². The normalized spacial score (nSPS) is 39.6. The van der Waals surface area contributed by atoms with Crippen LogP contribution >= 0.6 is 0 Å². The molecule has 19 heavy (non-hydrogen) atoms. The van der Waals surface area contributed by atoms with E-state index in [0.717, 1.165) is 11.8 Å². The lowest BCUT2D eigenvalue weighted by molar-refractivity contribution is -0.0234. The van der Waals surface area contributed by atoms with Crippen LogP contribution in [0.2, 0.25) is 0 Å². The molecule has 4 rings (SSSR count). The van der Waals surface area contributed by atoms with Crippen molar-refractivity contribution in [2.24, 2.45) is 11.8 Å². The monoisotopic (exact) mass is 262 g/mol. The zero-order valence-electron chi connectivity index (χ0n) is 12.6. The second-order valence-corrected chi connectivity index (χ2v) is 8.15. The molecule has 0 amide bonds. The van der Waals surface area contributed by atoms with Crippen molar-refractivity contribution >= 4 is 0 Å². The molecule has 0 aromatic heterocycles. The van der Waals surface area contributed by atoms with Gasteiger partial charge in [-0.1, -0.05) is 19.3 Å². The van der Waals surface area contributed by atoms with E-state index in [4.69, 9.17) is 0 Å². The maximum absolute atomic E-state index is 4.00. The van der Waals surface area contributed by atoms with Gasteiger partial charge in [0.2, 0.25) is 0 Å². The summed E-state index contributed by atoms with van der Waals surface area (Å²) in [5, 5.41) is 4.00. The van der Waals surface area contributed by atoms with Crippen molar-refractivity contribution in [3.05, 3.63) is 0 Å². The van der Waals surface area contributed by atoms with Gasteiger partial charge >= 0.3 is 0 Å². The molecule has 4 fully saturated rings. The summed E-state index contributed by atoms with van der Waals surface area (Å²) in [5.41, 5.74) is 0.965. The molecule has 1 heterocycles. The highest BCUT2D eigenvalue weighted by atomic mass is 15.3. The lowest BCUT2D eigenvalue weighted by Gasteiger charge is -2.56. The number of rotatable bonds is 3. The molecular formula is C17H30N2. The fourth-order valence-corrected chi connectivity index (χ4v) is 4.67. The predicted octanol–water partition coefficient (Wildman–Crippen LogP) is 3.17. The van der Waals surface area contributed by atoms with Gasteiger partial charge in [0.1, 0.15) is 0 Å². The molecule has 1 spiro atoms. The average molecular weight is 262 g/mol. The number of hydrogen-bond acceptors (Lipinski definition) is 2. The lowest BCUT2D eigenvalue weighted by Crippen LogP contribution is -2.70. The van der Waals surface area contributed by atoms with Gasteiger partial charge < -0.3 is 5.32 Å². The van der Waals surface area contributed by atoms with Crippen molar-refractivity contribution in [1.29, 1.82) is 0 Å². The Bertz CT molecular complexity index is 339. The molecule has 3 saturated carbocycles. The molecule has 1 atom stereocenters. The van der Waals surface area contributed by atoms with E-state index in [2.05, 4.69) is 17.1 Å². The Labute approximate surface area is 118 Å². The van der Waals surface area contributed by atoms with E-state index in [9.17, 15) is 0 Å². The molecule has 0 bridgehead atoms. The SMILES string of the molecule is CC1(C2CC2)CN(CC2CC2)C2(CCCCC2)CN1. The highest BCUT2D eigenvalue weighted by molar-refractivity contribution is 5.10. The summed E-state index contributed by atoms with van der Waals surface area (Å²) >= 11 is 0. The first kappa shape index (κ1) is 12.6. The van der Waals surface area contributed by atoms with E-state index >= 15 is 0 Å². The van der Waals surface area contributed by atoms with Crippen molar-refractivity contribution in [3.63, 3.8) is 0 Å². The smallest absolute Gasteiger partial charge is 0.0335 e. The minimum atomic E-state index is 0.428. The summed E-state index contributed by atoms with van der Waals surface area (Å²) in [6.07, 6.45) is 13.2. The van der Waals surface area contributed by atoms with Crippen LogP contribution in [-0.4, -0.2) is 35.6 Å². The van der Waals surface area contributed by atoms with Crippen LogP contribution in [0.3, 0.4) is 0 Å². The molecule has 1 N–H and O–H groups in total. The summed E-state index contributed by atoms with van der Waals surface area (Å²) in [5.74, 6) is 2.01. The molecule has 2 heteroatoms. The molecule has 0 aromatic carbocycles. The third-order valence-electron chi connectivity index (χ3n) is 6.45. The molecule has 4 aliphatic rings. The Kier molecular flexibility index (Phi) is 2.97. The zero-order valence-corrected chi connectivity index (χ0v) is 12.6. The maximum Gasteiger partial charge on any atom is 0.0335 e. The van der Waals surface area contributed by atoms with Crippen LogP contribution in [0.1, 0.15) is 64.7 Å². The van der Waals surface area contributed by atoms with Gasteiger partial charge in [-0.15, -0.1) is 0 Å². The van der Waals surface area contributed by atoms with E-state index in [0.29, 0.717) is 11.1 Å². The van der Waals surface area contributed by atoms with Gasteiger partial charge in [-0.25, -0.2) is 0 Å². The van der Waals surface area contributed by atoms with Crippen molar-refractivity contribution < 1.29 is 0 Å². The van der Waals surface area contributed by atoms with Crippen LogP contribution in [0.4, 0.5) is 0 Å². The number of hydrogen-bond donors (Lipinski definition) is 1. The third-order valence-corrected chi connectivity index (χ3v) is 6.45. The van der Waals surface area contributed by atoms with Gasteiger partial charge in [0.05, 0.1) is 0 Å². The van der Waals surface area contributed by atoms with Crippen molar-refractivity contribution in [2.45, 2.75) is 75.8 Å². The molecular weight excluding hydrogens is 232 g/mol. The fraction of sp³-hybridized carbons (Fsp3) is 1.00. The van der Waals surface area contributed by atoms with Gasteiger partial charge in [0.25, 0.3) is 0 Å². The van der Waals surface area contributed by atoms with Crippen LogP contribution in [-0.2, 0) is 0 Å². The lowest BCUT2D eigenvalue weighted by atomic mass is 9.75. The summed E-state index contributed by atoms with van der Waals surface area (Å²) in [6.45, 7) is 6.51. The molecule has 2 nitrogen and oxygen atoms in total. The first-order valence-corrected chi connectivity index (χ1v) is 8.70. The third kappa shape index (κ3) is 2.35. The summed E-state index contributed by atoms with van der Waals surface area (Å²) < 4.78 is 0. The van der Waals surface area contributed by atoms with E-state index in [-0.39, 0.29) is 0 Å². The van der Waals surface area contributed by atoms with Crippen LogP contribution in [0.5, 0.6) is 0 Å². The minimum absolute atomic E-state index is 0.428. The van der Waals surface area contributed by atoms with E-state index in [1.165, 1.54) is 77.4 Å². The average Bonchev–Trinajstić information content (AvgIpc) is 3.28. The Balaban J connectivity index is 1.53. The molecule has 1 aliphatic heterocycles. The Morgan fingerprint density at radius 1 is 1.05 bits per heavy atom.